The molecule has 1 aromatic rings. The van der Waals surface area contributed by atoms with Gasteiger partial charge in [-0.3, -0.25) is 9.48 Å². The van der Waals surface area contributed by atoms with Crippen LogP contribution in [-0.2, 0) is 11.8 Å². The SMILES string of the molecule is Cn1cc([C@H]2CNC[C@@H]2C(=O)NC(C)(C)CC(C)(C)C)cn1. The number of rotatable bonds is 4. The maximum Gasteiger partial charge on any atom is 0.225 e. The highest BCUT2D eigenvalue weighted by molar-refractivity contribution is 5.81. The lowest BCUT2D eigenvalue weighted by Crippen LogP contribution is -2.49. The maximum absolute atomic E-state index is 12.8. The molecule has 2 N–H and O–H groups in total. The van der Waals surface area contributed by atoms with Crippen molar-refractivity contribution in [2.45, 2.75) is 52.5 Å². The molecular weight excluding hydrogens is 276 g/mol. The van der Waals surface area contributed by atoms with E-state index in [1.54, 1.807) is 4.68 Å². The Morgan fingerprint density at radius 2 is 2.05 bits per heavy atom. The minimum Gasteiger partial charge on any atom is -0.351 e. The average molecular weight is 306 g/mol. The van der Waals surface area contributed by atoms with Gasteiger partial charge in [-0.25, -0.2) is 0 Å². The summed E-state index contributed by atoms with van der Waals surface area (Å²) in [5, 5.41) is 10.8. The Hall–Kier alpha value is -1.36. The Kier molecular flexibility index (Phi) is 4.66. The molecule has 1 aliphatic rings. The number of nitrogens with one attached hydrogen (secondary N) is 2. The molecule has 1 amide bonds. The number of nitrogens with zero attached hydrogens (tertiary/aromatic N) is 2. The van der Waals surface area contributed by atoms with Crippen LogP contribution in [0.2, 0.25) is 0 Å². The van der Waals surface area contributed by atoms with E-state index in [0.717, 1.165) is 25.1 Å². The molecule has 2 atom stereocenters. The fourth-order valence-electron chi connectivity index (χ4n) is 3.73. The van der Waals surface area contributed by atoms with Crippen molar-refractivity contribution in [1.29, 1.82) is 0 Å². The Morgan fingerprint density at radius 1 is 1.36 bits per heavy atom. The molecule has 1 saturated heterocycles. The first kappa shape index (κ1) is 17.0. The van der Waals surface area contributed by atoms with Gasteiger partial charge in [0, 0.05) is 37.8 Å². The van der Waals surface area contributed by atoms with Crippen molar-refractivity contribution >= 4 is 5.91 Å². The third kappa shape index (κ3) is 4.32. The first-order chi connectivity index (χ1) is 10.1. The van der Waals surface area contributed by atoms with Gasteiger partial charge in [0.1, 0.15) is 0 Å². The molecule has 5 nitrogen and oxygen atoms in total. The van der Waals surface area contributed by atoms with Crippen molar-refractivity contribution in [3.05, 3.63) is 18.0 Å². The van der Waals surface area contributed by atoms with Crippen LogP contribution in [-0.4, -0.2) is 34.3 Å². The highest BCUT2D eigenvalue weighted by Crippen LogP contribution is 2.30. The predicted molar refractivity (Wildman–Crippen MR) is 88.6 cm³/mol. The molecule has 124 valence electrons. The molecule has 0 saturated carbocycles. The van der Waals surface area contributed by atoms with Gasteiger partial charge in [0.05, 0.1) is 12.1 Å². The summed E-state index contributed by atoms with van der Waals surface area (Å²) < 4.78 is 1.80. The molecule has 1 aromatic heterocycles. The van der Waals surface area contributed by atoms with Crippen LogP contribution in [0.5, 0.6) is 0 Å². The van der Waals surface area contributed by atoms with Crippen molar-refractivity contribution in [2.75, 3.05) is 13.1 Å². The summed E-state index contributed by atoms with van der Waals surface area (Å²) >= 11 is 0. The standard InChI is InChI=1S/C17H30N4O/c1-16(2,3)11-17(4,5)20-15(22)14-9-18-8-13(14)12-7-19-21(6)10-12/h7,10,13-14,18H,8-9,11H2,1-6H3,(H,20,22)/t13-,14+/m1/s1. The molecule has 0 unspecified atom stereocenters. The normalized spacial score (nSPS) is 22.8. The lowest BCUT2D eigenvalue weighted by atomic mass is 9.81. The largest absolute Gasteiger partial charge is 0.351 e. The van der Waals surface area contributed by atoms with E-state index in [9.17, 15) is 4.79 Å². The number of aryl methyl sites for hydroxylation is 1. The summed E-state index contributed by atoms with van der Waals surface area (Å²) in [5.74, 6) is 0.329. The third-order valence-electron chi connectivity index (χ3n) is 4.14. The molecule has 0 spiro atoms. The smallest absolute Gasteiger partial charge is 0.225 e. The van der Waals surface area contributed by atoms with Crippen molar-refractivity contribution < 1.29 is 4.79 Å². The summed E-state index contributed by atoms with van der Waals surface area (Å²) in [7, 11) is 1.91. The van der Waals surface area contributed by atoms with Gasteiger partial charge >= 0.3 is 0 Å². The van der Waals surface area contributed by atoms with E-state index in [1.165, 1.54) is 0 Å². The molecular formula is C17H30N4O. The van der Waals surface area contributed by atoms with Gasteiger partial charge < -0.3 is 10.6 Å². The van der Waals surface area contributed by atoms with Crippen LogP contribution < -0.4 is 10.6 Å². The zero-order valence-electron chi connectivity index (χ0n) is 14.7. The Morgan fingerprint density at radius 3 is 2.59 bits per heavy atom. The highest BCUT2D eigenvalue weighted by Gasteiger charge is 2.37. The summed E-state index contributed by atoms with van der Waals surface area (Å²) in [4.78, 5) is 12.8. The number of carbonyl (C=O) groups is 1. The monoisotopic (exact) mass is 306 g/mol. The van der Waals surface area contributed by atoms with Crippen LogP contribution in [0.25, 0.3) is 0 Å². The van der Waals surface area contributed by atoms with Crippen LogP contribution in [0.1, 0.15) is 52.5 Å². The zero-order valence-corrected chi connectivity index (χ0v) is 14.7. The Bertz CT molecular complexity index is 527. The third-order valence-corrected chi connectivity index (χ3v) is 4.14. The molecule has 22 heavy (non-hydrogen) atoms. The van der Waals surface area contributed by atoms with E-state index >= 15 is 0 Å². The molecule has 0 aliphatic carbocycles. The average Bonchev–Trinajstić information content (AvgIpc) is 2.91. The van der Waals surface area contributed by atoms with Gasteiger partial charge in [-0.1, -0.05) is 20.8 Å². The van der Waals surface area contributed by atoms with Crippen LogP contribution in [0.4, 0.5) is 0 Å². The van der Waals surface area contributed by atoms with Crippen LogP contribution >= 0.6 is 0 Å². The molecule has 1 aliphatic heterocycles. The van der Waals surface area contributed by atoms with Gasteiger partial charge in [-0.2, -0.15) is 5.10 Å². The predicted octanol–water partition coefficient (Wildman–Crippen LogP) is 2.05. The molecule has 5 heteroatoms. The molecule has 0 aromatic carbocycles. The molecule has 2 rings (SSSR count). The minimum atomic E-state index is -0.197. The second kappa shape index (κ2) is 6.03. The van der Waals surface area contributed by atoms with E-state index in [0.29, 0.717) is 0 Å². The summed E-state index contributed by atoms with van der Waals surface area (Å²) in [6.45, 7) is 12.4. The fraction of sp³-hybridized carbons (Fsp3) is 0.765. The van der Waals surface area contributed by atoms with Gasteiger partial charge in [-0.05, 0) is 31.2 Å². The van der Waals surface area contributed by atoms with E-state index in [4.69, 9.17) is 0 Å². The van der Waals surface area contributed by atoms with Crippen molar-refractivity contribution in [2.24, 2.45) is 18.4 Å². The number of hydrogen-bond acceptors (Lipinski definition) is 3. The van der Waals surface area contributed by atoms with E-state index in [-0.39, 0.29) is 28.7 Å². The van der Waals surface area contributed by atoms with Crippen molar-refractivity contribution in [3.8, 4) is 0 Å². The van der Waals surface area contributed by atoms with Crippen LogP contribution in [0.15, 0.2) is 12.4 Å². The van der Waals surface area contributed by atoms with Crippen molar-refractivity contribution in [1.82, 2.24) is 20.4 Å². The number of amides is 1. The van der Waals surface area contributed by atoms with Gasteiger partial charge in [-0.15, -0.1) is 0 Å². The highest BCUT2D eigenvalue weighted by atomic mass is 16.2. The van der Waals surface area contributed by atoms with Gasteiger partial charge in [0.2, 0.25) is 5.91 Å². The molecule has 2 heterocycles. The van der Waals surface area contributed by atoms with Crippen LogP contribution in [0, 0.1) is 11.3 Å². The van der Waals surface area contributed by atoms with Gasteiger partial charge in [0.15, 0.2) is 0 Å². The topological polar surface area (TPSA) is 59.0 Å². The Labute approximate surface area is 133 Å². The summed E-state index contributed by atoms with van der Waals surface area (Å²) in [6.07, 6.45) is 4.83. The molecule has 1 fully saturated rings. The summed E-state index contributed by atoms with van der Waals surface area (Å²) in [5.41, 5.74) is 1.13. The fourth-order valence-corrected chi connectivity index (χ4v) is 3.73. The minimum absolute atomic E-state index is 0.0246. The number of carbonyl (C=O) groups excluding carboxylic acids is 1. The van der Waals surface area contributed by atoms with E-state index in [2.05, 4.69) is 50.4 Å². The first-order valence-corrected chi connectivity index (χ1v) is 8.09. The lowest BCUT2D eigenvalue weighted by Gasteiger charge is -2.34. The number of hydrogen-bond donors (Lipinski definition) is 2. The maximum atomic E-state index is 12.8. The lowest BCUT2D eigenvalue weighted by molar-refractivity contribution is -0.126. The van der Waals surface area contributed by atoms with Gasteiger partial charge in [0.25, 0.3) is 0 Å². The Balaban J connectivity index is 2.05. The van der Waals surface area contributed by atoms with Crippen molar-refractivity contribution in [3.63, 3.8) is 0 Å². The second-order valence-electron chi connectivity index (χ2n) is 8.43. The van der Waals surface area contributed by atoms with E-state index in [1.807, 2.05) is 19.4 Å². The first-order valence-electron chi connectivity index (χ1n) is 8.09. The number of aromatic nitrogens is 2. The molecule has 0 radical (unpaired) electrons. The van der Waals surface area contributed by atoms with Crippen LogP contribution in [0.3, 0.4) is 0 Å². The second-order valence-corrected chi connectivity index (χ2v) is 8.43. The zero-order chi connectivity index (χ0) is 16.5. The summed E-state index contributed by atoms with van der Waals surface area (Å²) in [6, 6.07) is 0. The quantitative estimate of drug-likeness (QED) is 0.895. The van der Waals surface area contributed by atoms with E-state index < -0.39 is 0 Å². The molecule has 0 bridgehead atoms.